The number of benzene rings is 2. The highest BCUT2D eigenvalue weighted by atomic mass is 32.2. The van der Waals surface area contributed by atoms with E-state index in [0.29, 0.717) is 25.9 Å². The topological polar surface area (TPSA) is 82.1 Å². The van der Waals surface area contributed by atoms with Gasteiger partial charge in [-0.3, -0.25) is 4.79 Å². The molecule has 40 heavy (non-hydrogen) atoms. The van der Waals surface area contributed by atoms with Crippen molar-refractivity contribution >= 4 is 20.9 Å². The largest absolute Gasteiger partial charge is 0.356 e. The molecule has 0 amide bonds. The van der Waals surface area contributed by atoms with E-state index in [1.165, 1.54) is 22.8 Å². The monoisotopic (exact) mass is 559 g/mol. The van der Waals surface area contributed by atoms with Crippen molar-refractivity contribution < 1.29 is 12.8 Å². The summed E-state index contributed by atoms with van der Waals surface area (Å²) in [6.45, 7) is 2.73. The first-order valence-corrected chi connectivity index (χ1v) is 14.5. The van der Waals surface area contributed by atoms with Crippen molar-refractivity contribution in [2.24, 2.45) is 14.1 Å². The molecule has 8 nitrogen and oxygen atoms in total. The Morgan fingerprint density at radius 3 is 2.50 bits per heavy atom. The molecule has 0 bridgehead atoms. The van der Waals surface area contributed by atoms with Gasteiger partial charge in [-0.15, -0.1) is 0 Å². The van der Waals surface area contributed by atoms with Crippen LogP contribution in [0.4, 0.5) is 4.39 Å². The van der Waals surface area contributed by atoms with E-state index in [0.717, 1.165) is 33.3 Å². The molecular weight excluding hydrogens is 529 g/mol. The number of halogens is 1. The second-order valence-corrected chi connectivity index (χ2v) is 12.7. The summed E-state index contributed by atoms with van der Waals surface area (Å²) < 4.78 is 47.6. The molecule has 206 valence electrons. The average molecular weight is 560 g/mol. The second kappa shape index (κ2) is 9.57. The van der Waals surface area contributed by atoms with Crippen LogP contribution in [0.3, 0.4) is 0 Å². The van der Waals surface area contributed by atoms with Gasteiger partial charge in [-0.1, -0.05) is 12.1 Å². The highest BCUT2D eigenvalue weighted by Crippen LogP contribution is 2.42. The summed E-state index contributed by atoms with van der Waals surface area (Å²) in [7, 11) is -0.178. The molecule has 2 aromatic carbocycles. The first-order valence-electron chi connectivity index (χ1n) is 13.1. The predicted octanol–water partition coefficient (Wildman–Crippen LogP) is 4.09. The van der Waals surface area contributed by atoms with E-state index in [-0.39, 0.29) is 16.3 Å². The molecule has 10 heteroatoms. The van der Waals surface area contributed by atoms with Crippen LogP contribution in [0.15, 0.2) is 89.1 Å². The third-order valence-electron chi connectivity index (χ3n) is 8.02. The molecule has 1 atom stereocenters. The molecule has 1 fully saturated rings. The Morgan fingerprint density at radius 2 is 1.80 bits per heavy atom. The van der Waals surface area contributed by atoms with Gasteiger partial charge in [0.15, 0.2) is 0 Å². The molecule has 1 saturated heterocycles. The van der Waals surface area contributed by atoms with Crippen LogP contribution in [-0.4, -0.2) is 44.7 Å². The van der Waals surface area contributed by atoms with Crippen LogP contribution in [0.2, 0.25) is 0 Å². The number of nitrogens with zero attached hydrogens (tertiary/aromatic N) is 5. The van der Waals surface area contributed by atoms with Crippen molar-refractivity contribution in [3.8, 4) is 5.69 Å². The lowest BCUT2D eigenvalue weighted by Gasteiger charge is -2.32. The molecule has 0 N–H and O–H groups in total. The quantitative estimate of drug-likeness (QED) is 0.314. The zero-order valence-electron chi connectivity index (χ0n) is 22.6. The van der Waals surface area contributed by atoms with Crippen LogP contribution < -0.4 is 5.56 Å². The van der Waals surface area contributed by atoms with E-state index in [1.807, 2.05) is 6.92 Å². The van der Waals surface area contributed by atoms with E-state index in [9.17, 15) is 17.6 Å². The van der Waals surface area contributed by atoms with Gasteiger partial charge in [-0.25, -0.2) is 17.5 Å². The van der Waals surface area contributed by atoms with Crippen LogP contribution in [-0.2, 0) is 36.0 Å². The number of hydrogen-bond acceptors (Lipinski definition) is 4. The van der Waals surface area contributed by atoms with Gasteiger partial charge in [-0.05, 0) is 72.9 Å². The predicted molar refractivity (Wildman–Crippen MR) is 152 cm³/mol. The molecule has 1 aliphatic rings. The zero-order chi connectivity index (χ0) is 28.2. The van der Waals surface area contributed by atoms with Crippen LogP contribution in [0.5, 0.6) is 0 Å². The Kier molecular flexibility index (Phi) is 6.27. The minimum Gasteiger partial charge on any atom is -0.356 e. The summed E-state index contributed by atoms with van der Waals surface area (Å²) >= 11 is 0. The van der Waals surface area contributed by atoms with Crippen molar-refractivity contribution in [1.82, 2.24) is 23.2 Å². The van der Waals surface area contributed by atoms with Gasteiger partial charge >= 0.3 is 0 Å². The van der Waals surface area contributed by atoms with Crippen molar-refractivity contribution in [3.05, 3.63) is 112 Å². The Bertz CT molecular complexity index is 1910. The van der Waals surface area contributed by atoms with E-state index in [1.54, 1.807) is 76.7 Å². The van der Waals surface area contributed by atoms with Crippen molar-refractivity contribution in [3.63, 3.8) is 0 Å². The molecular formula is C30H30FN5O3S. The van der Waals surface area contributed by atoms with E-state index < -0.39 is 15.4 Å². The van der Waals surface area contributed by atoms with E-state index in [2.05, 4.69) is 17.2 Å². The molecule has 3 aromatic heterocycles. The summed E-state index contributed by atoms with van der Waals surface area (Å²) in [5, 5.41) is 5.52. The Hall–Kier alpha value is -4.02. The summed E-state index contributed by atoms with van der Waals surface area (Å²) in [5.41, 5.74) is 4.06. The average Bonchev–Trinajstić information content (AvgIpc) is 3.66. The van der Waals surface area contributed by atoms with Gasteiger partial charge in [0.25, 0.3) is 0 Å². The molecule has 5 aromatic rings. The van der Waals surface area contributed by atoms with Gasteiger partial charge in [0.05, 0.1) is 22.3 Å². The first kappa shape index (κ1) is 26.2. The van der Waals surface area contributed by atoms with E-state index in [4.69, 9.17) is 0 Å². The summed E-state index contributed by atoms with van der Waals surface area (Å²) in [6.07, 6.45) is 8.09. The Labute approximate surface area is 232 Å². The maximum Gasteiger partial charge on any atom is 0.250 e. The second-order valence-electron chi connectivity index (χ2n) is 10.8. The minimum atomic E-state index is -3.68. The van der Waals surface area contributed by atoms with Crippen LogP contribution in [0, 0.1) is 12.7 Å². The Morgan fingerprint density at radius 1 is 1.02 bits per heavy atom. The smallest absolute Gasteiger partial charge is 0.250 e. The number of hydrogen-bond donors (Lipinski definition) is 0. The number of sulfonamides is 1. The Balaban J connectivity index is 1.45. The standard InChI is InChI=1S/C30H30FN5O3S/c1-21-14-28-23(17-32-36(28)25-8-9-29(37)34(3)18-25)15-27(21)30(16-22-4-6-24(31)7-5-22)11-13-35(20-30)40(38,39)26-10-12-33(2)19-26/h4-10,12,14-15,17-19H,11,13,16,20H2,1-3H3. The lowest BCUT2D eigenvalue weighted by atomic mass is 9.73. The lowest BCUT2D eigenvalue weighted by molar-refractivity contribution is 0.413. The van der Waals surface area contributed by atoms with Gasteiger partial charge in [0, 0.05) is 62.6 Å². The number of aryl methyl sites for hydroxylation is 3. The highest BCUT2D eigenvalue weighted by molar-refractivity contribution is 7.89. The molecule has 1 unspecified atom stereocenters. The van der Waals surface area contributed by atoms with Gasteiger partial charge < -0.3 is 9.13 Å². The maximum atomic E-state index is 13.7. The number of aromatic nitrogens is 4. The third-order valence-corrected chi connectivity index (χ3v) is 9.85. The van der Waals surface area contributed by atoms with E-state index >= 15 is 0 Å². The third kappa shape index (κ3) is 4.47. The zero-order valence-corrected chi connectivity index (χ0v) is 23.4. The van der Waals surface area contributed by atoms with Crippen molar-refractivity contribution in [2.45, 2.75) is 30.1 Å². The molecule has 0 spiro atoms. The van der Waals surface area contributed by atoms with Crippen LogP contribution >= 0.6 is 0 Å². The van der Waals surface area contributed by atoms with Crippen molar-refractivity contribution in [1.29, 1.82) is 0 Å². The van der Waals surface area contributed by atoms with Gasteiger partial charge in [0.2, 0.25) is 15.6 Å². The normalized spacial score (nSPS) is 18.1. The molecule has 0 aliphatic carbocycles. The first-order chi connectivity index (χ1) is 19.1. The number of pyridine rings is 1. The summed E-state index contributed by atoms with van der Waals surface area (Å²) in [6, 6.07) is 15.5. The van der Waals surface area contributed by atoms with Gasteiger partial charge in [-0.2, -0.15) is 9.40 Å². The molecule has 6 rings (SSSR count). The molecule has 0 saturated carbocycles. The lowest BCUT2D eigenvalue weighted by Crippen LogP contribution is -2.36. The summed E-state index contributed by atoms with van der Waals surface area (Å²) in [5.74, 6) is -0.305. The van der Waals surface area contributed by atoms with Gasteiger partial charge in [0.1, 0.15) is 5.82 Å². The van der Waals surface area contributed by atoms with Crippen LogP contribution in [0.25, 0.3) is 16.6 Å². The number of fused-ring (bicyclic) bond motifs is 1. The minimum absolute atomic E-state index is 0.0994. The molecule has 4 heterocycles. The maximum absolute atomic E-state index is 13.7. The van der Waals surface area contributed by atoms with Crippen molar-refractivity contribution in [2.75, 3.05) is 13.1 Å². The fraction of sp³-hybridized carbons (Fsp3) is 0.267. The fourth-order valence-electron chi connectivity index (χ4n) is 5.93. The molecule has 1 aliphatic heterocycles. The fourth-order valence-corrected chi connectivity index (χ4v) is 7.51. The molecule has 0 radical (unpaired) electrons. The summed E-state index contributed by atoms with van der Waals surface area (Å²) in [4.78, 5) is 12.2. The number of rotatable bonds is 6. The highest BCUT2D eigenvalue weighted by Gasteiger charge is 2.45. The van der Waals surface area contributed by atoms with Crippen LogP contribution in [0.1, 0.15) is 23.1 Å². The SMILES string of the molecule is Cc1cc2c(cnn2-c2ccc(=O)n(C)c2)cc1C1(Cc2ccc(F)cc2)CCN(S(=O)(=O)c2ccn(C)c2)C1.